The van der Waals surface area contributed by atoms with Crippen LogP contribution in [0.2, 0.25) is 0 Å². The molecule has 0 aliphatic carbocycles. The average molecular weight is 305 g/mol. The molecule has 7 heteroatoms. The van der Waals surface area contributed by atoms with Crippen LogP contribution in [0.5, 0.6) is 11.5 Å². The molecule has 0 bridgehead atoms. The Morgan fingerprint density at radius 1 is 1.23 bits per heavy atom. The zero-order valence-electron chi connectivity index (χ0n) is 11.8. The Hall–Kier alpha value is -3.09. The van der Waals surface area contributed by atoms with Gasteiger partial charge in [-0.2, -0.15) is 0 Å². The second kappa shape index (κ2) is 8.25. The lowest BCUT2D eigenvalue weighted by Crippen LogP contribution is -1.98. The minimum atomic E-state index is -0.833. The number of carbonyl (C=O) groups is 1. The van der Waals surface area contributed by atoms with Crippen LogP contribution in [-0.4, -0.2) is 21.1 Å². The molecule has 0 spiro atoms. The highest BCUT2D eigenvalue weighted by atomic mass is 16.6. The molecule has 0 atom stereocenters. The summed E-state index contributed by atoms with van der Waals surface area (Å²) in [6, 6.07) is 13.2. The summed E-state index contributed by atoms with van der Waals surface area (Å²) in [5, 5.41) is 27.4. The van der Waals surface area contributed by atoms with E-state index < -0.39 is 10.9 Å². The maximum Gasteiger partial charge on any atom is 0.314 e. The number of phenols is 1. The molecule has 2 aromatic carbocycles. The molecule has 2 N–H and O–H groups in total. The molecule has 2 aromatic rings. The summed E-state index contributed by atoms with van der Waals surface area (Å²) in [5.41, 5.74) is 0.672. The number of aliphatic carboxylic acids is 1. The minimum Gasteiger partial charge on any atom is -0.508 e. The van der Waals surface area contributed by atoms with Gasteiger partial charge < -0.3 is 14.9 Å². The molecule has 22 heavy (non-hydrogen) atoms. The second-order valence-electron chi connectivity index (χ2n) is 4.20. The summed E-state index contributed by atoms with van der Waals surface area (Å²) < 4.78 is 5.39. The van der Waals surface area contributed by atoms with Gasteiger partial charge in [-0.3, -0.25) is 14.9 Å². The Kier molecular flexibility index (Phi) is 6.36. The number of aromatic hydroxyl groups is 1. The number of benzene rings is 2. The normalized spacial score (nSPS) is 9.32. The molecule has 0 aromatic heterocycles. The Morgan fingerprint density at radius 2 is 1.82 bits per heavy atom. The fraction of sp³-hybridized carbons (Fsp3) is 0.133. The van der Waals surface area contributed by atoms with Crippen molar-refractivity contribution in [3.63, 3.8) is 0 Å². The highest BCUT2D eigenvalue weighted by Crippen LogP contribution is 2.30. The lowest BCUT2D eigenvalue weighted by atomic mass is 10.2. The Balaban J connectivity index is 0.000000541. The van der Waals surface area contributed by atoms with E-state index in [0.29, 0.717) is 0 Å². The molecule has 7 nitrogen and oxygen atoms in total. The van der Waals surface area contributed by atoms with E-state index in [0.717, 1.165) is 18.6 Å². The maximum absolute atomic E-state index is 10.8. The number of nitro benzene ring substituents is 1. The number of phenolic OH excluding ortho intramolecular Hbond substituents is 1. The summed E-state index contributed by atoms with van der Waals surface area (Å²) in [4.78, 5) is 19.2. The van der Waals surface area contributed by atoms with Crippen molar-refractivity contribution in [2.75, 3.05) is 0 Å². The van der Waals surface area contributed by atoms with Crippen molar-refractivity contribution in [3.05, 3.63) is 64.2 Å². The third-order valence-electron chi connectivity index (χ3n) is 2.38. The minimum absolute atomic E-state index is 0.140. The van der Waals surface area contributed by atoms with Gasteiger partial charge in [0.2, 0.25) is 0 Å². The Bertz CT molecular complexity index is 638. The summed E-state index contributed by atoms with van der Waals surface area (Å²) in [6.07, 6.45) is 0. The van der Waals surface area contributed by atoms with E-state index in [-0.39, 0.29) is 23.8 Å². The predicted octanol–water partition coefficient (Wildman–Crippen LogP) is 2.97. The molecule has 0 unspecified atom stereocenters. The first-order valence-corrected chi connectivity index (χ1v) is 6.24. The first kappa shape index (κ1) is 17.0. The number of ether oxygens (including phenoxy) is 1. The lowest BCUT2D eigenvalue weighted by molar-refractivity contribution is -0.386. The van der Waals surface area contributed by atoms with Crippen molar-refractivity contribution in [3.8, 4) is 11.5 Å². The fourth-order valence-corrected chi connectivity index (χ4v) is 1.51. The van der Waals surface area contributed by atoms with Crippen molar-refractivity contribution in [2.45, 2.75) is 13.5 Å². The van der Waals surface area contributed by atoms with Gasteiger partial charge in [0.15, 0.2) is 5.75 Å². The first-order chi connectivity index (χ1) is 10.4. The van der Waals surface area contributed by atoms with Crippen LogP contribution in [0.25, 0.3) is 0 Å². The molecule has 0 amide bonds. The lowest BCUT2D eigenvalue weighted by Gasteiger charge is -2.06. The van der Waals surface area contributed by atoms with Gasteiger partial charge in [0.25, 0.3) is 5.97 Å². The van der Waals surface area contributed by atoms with Gasteiger partial charge >= 0.3 is 5.69 Å². The largest absolute Gasteiger partial charge is 0.508 e. The zero-order valence-corrected chi connectivity index (χ0v) is 11.8. The maximum atomic E-state index is 10.8. The van der Waals surface area contributed by atoms with Crippen molar-refractivity contribution in [2.24, 2.45) is 0 Å². The van der Waals surface area contributed by atoms with E-state index in [2.05, 4.69) is 0 Å². The summed E-state index contributed by atoms with van der Waals surface area (Å²) in [6.45, 7) is 1.33. The standard InChI is InChI=1S/C13H11NO4.C2H4O2/c15-11-6-7-13(12(8-11)14(16)17)18-9-10-4-2-1-3-5-10;1-2(3)4/h1-8,15H,9H2;1H3,(H,3,4). The first-order valence-electron chi connectivity index (χ1n) is 6.24. The van der Waals surface area contributed by atoms with Gasteiger partial charge in [-0.25, -0.2) is 0 Å². The number of hydrogen-bond acceptors (Lipinski definition) is 5. The van der Waals surface area contributed by atoms with Gasteiger partial charge in [-0.1, -0.05) is 30.3 Å². The van der Waals surface area contributed by atoms with E-state index >= 15 is 0 Å². The average Bonchev–Trinajstić information content (AvgIpc) is 2.46. The van der Waals surface area contributed by atoms with Crippen molar-refractivity contribution < 1.29 is 24.7 Å². The molecule has 0 aliphatic rings. The van der Waals surface area contributed by atoms with E-state index in [1.54, 1.807) is 0 Å². The third kappa shape index (κ3) is 5.91. The van der Waals surface area contributed by atoms with Crippen LogP contribution in [-0.2, 0) is 11.4 Å². The molecule has 0 fully saturated rings. The van der Waals surface area contributed by atoms with Gasteiger partial charge in [0.1, 0.15) is 12.4 Å². The van der Waals surface area contributed by atoms with E-state index in [1.165, 1.54) is 12.1 Å². The fourth-order valence-electron chi connectivity index (χ4n) is 1.51. The highest BCUT2D eigenvalue weighted by Gasteiger charge is 2.15. The SMILES string of the molecule is CC(=O)O.O=[N+]([O-])c1cc(O)ccc1OCc1ccccc1. The Labute approximate surface area is 126 Å². The van der Waals surface area contributed by atoms with Crippen LogP contribution in [0, 0.1) is 10.1 Å². The molecule has 0 saturated heterocycles. The van der Waals surface area contributed by atoms with Gasteiger partial charge in [0.05, 0.1) is 11.0 Å². The zero-order chi connectivity index (χ0) is 16.5. The summed E-state index contributed by atoms with van der Waals surface area (Å²) in [5.74, 6) is -0.851. The number of nitrogens with zero attached hydrogens (tertiary/aromatic N) is 1. The molecule has 116 valence electrons. The van der Waals surface area contributed by atoms with E-state index in [4.69, 9.17) is 14.6 Å². The second-order valence-corrected chi connectivity index (χ2v) is 4.20. The van der Waals surface area contributed by atoms with Gasteiger partial charge in [0, 0.05) is 6.92 Å². The number of carboxylic acid groups (broad SMARTS) is 1. The molecule has 0 radical (unpaired) electrons. The van der Waals surface area contributed by atoms with E-state index in [9.17, 15) is 15.2 Å². The summed E-state index contributed by atoms with van der Waals surface area (Å²) in [7, 11) is 0. The van der Waals surface area contributed by atoms with E-state index in [1.807, 2.05) is 30.3 Å². The number of hydrogen-bond donors (Lipinski definition) is 2. The van der Waals surface area contributed by atoms with Crippen LogP contribution in [0.1, 0.15) is 12.5 Å². The van der Waals surface area contributed by atoms with Gasteiger partial charge in [-0.15, -0.1) is 0 Å². The molecule has 2 rings (SSSR count). The predicted molar refractivity (Wildman–Crippen MR) is 78.8 cm³/mol. The molecule has 0 heterocycles. The van der Waals surface area contributed by atoms with Crippen LogP contribution >= 0.6 is 0 Å². The van der Waals surface area contributed by atoms with Crippen molar-refractivity contribution in [1.29, 1.82) is 0 Å². The Morgan fingerprint density at radius 3 is 2.36 bits per heavy atom. The topological polar surface area (TPSA) is 110 Å². The van der Waals surface area contributed by atoms with Crippen LogP contribution < -0.4 is 4.74 Å². The van der Waals surface area contributed by atoms with Crippen LogP contribution in [0.3, 0.4) is 0 Å². The summed E-state index contributed by atoms with van der Waals surface area (Å²) >= 11 is 0. The third-order valence-corrected chi connectivity index (χ3v) is 2.38. The smallest absolute Gasteiger partial charge is 0.314 e. The van der Waals surface area contributed by atoms with Crippen molar-refractivity contribution >= 4 is 11.7 Å². The number of nitro groups is 1. The van der Waals surface area contributed by atoms with Crippen molar-refractivity contribution in [1.82, 2.24) is 0 Å². The van der Waals surface area contributed by atoms with Crippen LogP contribution in [0.15, 0.2) is 48.5 Å². The number of rotatable bonds is 4. The highest BCUT2D eigenvalue weighted by molar-refractivity contribution is 5.62. The number of carboxylic acids is 1. The molecule has 0 aliphatic heterocycles. The monoisotopic (exact) mass is 305 g/mol. The molecular formula is C15H15NO6. The van der Waals surface area contributed by atoms with Gasteiger partial charge in [-0.05, 0) is 17.7 Å². The quantitative estimate of drug-likeness (QED) is 0.663. The van der Waals surface area contributed by atoms with Crippen LogP contribution in [0.4, 0.5) is 5.69 Å². The molecular weight excluding hydrogens is 290 g/mol. The molecule has 0 saturated carbocycles.